The summed E-state index contributed by atoms with van der Waals surface area (Å²) in [6.07, 6.45) is 0.101. The average Bonchev–Trinajstić information content (AvgIpc) is 2.95. The van der Waals surface area contributed by atoms with E-state index >= 15 is 0 Å². The second-order valence-electron chi connectivity index (χ2n) is 6.13. The average molecular weight is 412 g/mol. The van der Waals surface area contributed by atoms with E-state index in [9.17, 15) is 14.4 Å². The number of benzene rings is 1. The normalized spacial score (nSPS) is 11.3. The summed E-state index contributed by atoms with van der Waals surface area (Å²) in [6.45, 7) is 3.61. The summed E-state index contributed by atoms with van der Waals surface area (Å²) in [5.41, 5.74) is -0.448. The number of nitrogens with one attached hydrogen (secondary N) is 1. The lowest BCUT2D eigenvalue weighted by Gasteiger charge is -2.08. The molecule has 1 aromatic carbocycles. The van der Waals surface area contributed by atoms with Crippen molar-refractivity contribution in [1.82, 2.24) is 24.5 Å². The minimum Gasteiger partial charge on any atom is -0.392 e. The van der Waals surface area contributed by atoms with E-state index in [4.69, 9.17) is 27.6 Å². The molecule has 3 rings (SSSR count). The molecule has 0 saturated carbocycles. The van der Waals surface area contributed by atoms with Gasteiger partial charge in [-0.3, -0.25) is 9.78 Å². The molecule has 0 amide bonds. The van der Waals surface area contributed by atoms with Crippen molar-refractivity contribution in [2.75, 3.05) is 0 Å². The molecule has 2 aromatic heterocycles. The molecule has 27 heavy (non-hydrogen) atoms. The van der Waals surface area contributed by atoms with Gasteiger partial charge in [0.05, 0.1) is 12.5 Å². The Bertz CT molecular complexity index is 1170. The quantitative estimate of drug-likeness (QED) is 0.698. The van der Waals surface area contributed by atoms with Crippen LogP contribution in [0, 0.1) is 0 Å². The van der Waals surface area contributed by atoms with Crippen molar-refractivity contribution in [2.24, 2.45) is 7.05 Å². The van der Waals surface area contributed by atoms with Gasteiger partial charge in [0.15, 0.2) is 5.69 Å². The van der Waals surface area contributed by atoms with Crippen LogP contribution in [0.5, 0.6) is 0 Å². The molecule has 0 fully saturated rings. The maximum atomic E-state index is 12.0. The molecule has 2 heterocycles. The lowest BCUT2D eigenvalue weighted by molar-refractivity contribution is 0.434. The summed E-state index contributed by atoms with van der Waals surface area (Å²) in [7, 11) is 1.41. The molecular formula is C16H15Cl2N5O4. The molecule has 0 saturated heterocycles. The molecule has 0 radical (unpaired) electrons. The Hall–Kier alpha value is -2.65. The van der Waals surface area contributed by atoms with Crippen molar-refractivity contribution >= 4 is 23.2 Å². The molecule has 0 aliphatic rings. The maximum absolute atomic E-state index is 12.0. The molecule has 11 heteroatoms. The van der Waals surface area contributed by atoms with Crippen molar-refractivity contribution in [3.05, 3.63) is 65.0 Å². The molecule has 142 valence electrons. The van der Waals surface area contributed by atoms with E-state index in [1.54, 1.807) is 13.8 Å². The topological polar surface area (TPSA) is 116 Å². The van der Waals surface area contributed by atoms with Crippen molar-refractivity contribution in [3.63, 3.8) is 0 Å². The predicted octanol–water partition coefficient (Wildman–Crippen LogP) is 1.76. The van der Waals surface area contributed by atoms with Crippen molar-refractivity contribution < 1.29 is 4.42 Å². The number of aromatic nitrogens is 5. The lowest BCUT2D eigenvalue weighted by Crippen LogP contribution is -2.31. The third-order valence-electron chi connectivity index (χ3n) is 3.82. The zero-order chi connectivity index (χ0) is 19.9. The number of hydrogen-bond acceptors (Lipinski definition) is 6. The first-order valence-electron chi connectivity index (χ1n) is 7.91. The lowest BCUT2D eigenvalue weighted by atomic mass is 10.1. The predicted molar refractivity (Wildman–Crippen MR) is 99.5 cm³/mol. The molecule has 1 N–H and O–H groups in total. The molecular weight excluding hydrogens is 397 g/mol. The number of nitrogens with zero attached hydrogens (tertiary/aromatic N) is 4. The highest BCUT2D eigenvalue weighted by atomic mass is 35.5. The first kappa shape index (κ1) is 19.1. The fourth-order valence-electron chi connectivity index (χ4n) is 2.45. The van der Waals surface area contributed by atoms with Gasteiger partial charge in [-0.05, 0) is 31.5 Å². The Labute approximate surface area is 162 Å². The third kappa shape index (κ3) is 3.74. The van der Waals surface area contributed by atoms with Crippen LogP contribution in [0.25, 0.3) is 11.3 Å². The first-order valence-corrected chi connectivity index (χ1v) is 8.67. The highest BCUT2D eigenvalue weighted by Crippen LogP contribution is 2.31. The molecule has 0 atom stereocenters. The van der Waals surface area contributed by atoms with Gasteiger partial charge in [-0.25, -0.2) is 14.3 Å². The van der Waals surface area contributed by atoms with Crippen LogP contribution in [0.2, 0.25) is 10.0 Å². The van der Waals surface area contributed by atoms with Gasteiger partial charge >= 0.3 is 11.4 Å². The minimum atomic E-state index is -0.653. The van der Waals surface area contributed by atoms with E-state index in [1.165, 1.54) is 23.9 Å². The first-order chi connectivity index (χ1) is 12.7. The summed E-state index contributed by atoms with van der Waals surface area (Å²) in [6, 6.07) is 2.86. The van der Waals surface area contributed by atoms with Crippen LogP contribution in [0.4, 0.5) is 0 Å². The number of hydrogen-bond donors (Lipinski definition) is 1. The van der Waals surface area contributed by atoms with Gasteiger partial charge < -0.3 is 4.42 Å². The highest BCUT2D eigenvalue weighted by molar-refractivity contribution is 6.36. The Morgan fingerprint density at radius 3 is 2.33 bits per heavy atom. The maximum Gasteiger partial charge on any atom is 0.437 e. The van der Waals surface area contributed by atoms with Crippen molar-refractivity contribution in [2.45, 2.75) is 26.3 Å². The Morgan fingerprint density at radius 2 is 1.78 bits per heavy atom. The molecule has 0 aliphatic heterocycles. The second-order valence-corrected chi connectivity index (χ2v) is 6.94. The zero-order valence-electron chi connectivity index (χ0n) is 14.6. The standard InChI is InChI=1S/C16H15Cl2N5O4/c1-7(2)23-16(26)27-12(20-23)6-9-10(17)4-8(5-11(9)18)13-14(24)19-15(25)22(3)21-13/h4-5,7H,6H2,1-3H3,(H,19,24,25). The molecule has 0 unspecified atom stereocenters. The molecule has 0 bridgehead atoms. The van der Waals surface area contributed by atoms with Crippen LogP contribution in [0.1, 0.15) is 31.3 Å². The van der Waals surface area contributed by atoms with Crippen LogP contribution in [0.15, 0.2) is 30.9 Å². The van der Waals surface area contributed by atoms with E-state index < -0.39 is 17.0 Å². The van der Waals surface area contributed by atoms with E-state index in [-0.39, 0.29) is 34.1 Å². The van der Waals surface area contributed by atoms with Crippen molar-refractivity contribution in [3.8, 4) is 11.3 Å². The summed E-state index contributed by atoms with van der Waals surface area (Å²) >= 11 is 12.6. The number of aromatic amines is 1. The van der Waals surface area contributed by atoms with E-state index in [0.29, 0.717) is 11.1 Å². The van der Waals surface area contributed by atoms with Crippen LogP contribution in [-0.4, -0.2) is 24.5 Å². The SMILES string of the molecule is CC(C)n1nc(Cc2c(Cl)cc(-c3nn(C)c(=O)[nH]c3=O)cc2Cl)oc1=O. The Kier molecular flexibility index (Phi) is 5.07. The number of rotatable bonds is 4. The van der Waals surface area contributed by atoms with Crippen LogP contribution >= 0.6 is 23.2 Å². The van der Waals surface area contributed by atoms with Gasteiger partial charge in [-0.1, -0.05) is 23.2 Å². The summed E-state index contributed by atoms with van der Waals surface area (Å²) in [5, 5.41) is 8.55. The third-order valence-corrected chi connectivity index (χ3v) is 4.50. The van der Waals surface area contributed by atoms with Crippen molar-refractivity contribution in [1.29, 1.82) is 0 Å². The number of halogens is 2. The number of aryl methyl sites for hydroxylation is 1. The van der Waals surface area contributed by atoms with E-state index in [0.717, 1.165) is 4.68 Å². The van der Waals surface area contributed by atoms with Crippen LogP contribution in [0.3, 0.4) is 0 Å². The summed E-state index contributed by atoms with van der Waals surface area (Å²) in [4.78, 5) is 37.4. The zero-order valence-corrected chi connectivity index (χ0v) is 16.1. The van der Waals surface area contributed by atoms with Gasteiger partial charge in [-0.15, -0.1) is 5.10 Å². The van der Waals surface area contributed by atoms with E-state index in [2.05, 4.69) is 15.2 Å². The molecule has 0 spiro atoms. The minimum absolute atomic E-state index is 0.00284. The molecule has 0 aliphatic carbocycles. The van der Waals surface area contributed by atoms with Gasteiger partial charge in [0, 0.05) is 22.7 Å². The monoisotopic (exact) mass is 411 g/mol. The summed E-state index contributed by atoms with van der Waals surface area (Å²) in [5.74, 6) is -0.395. The molecule has 3 aromatic rings. The van der Waals surface area contributed by atoms with Crippen LogP contribution < -0.4 is 17.0 Å². The Balaban J connectivity index is 2.02. The fraction of sp³-hybridized carbons (Fsp3) is 0.312. The highest BCUT2D eigenvalue weighted by Gasteiger charge is 2.17. The summed E-state index contributed by atoms with van der Waals surface area (Å²) < 4.78 is 7.35. The van der Waals surface area contributed by atoms with Gasteiger partial charge in [0.2, 0.25) is 5.89 Å². The van der Waals surface area contributed by atoms with Gasteiger partial charge in [-0.2, -0.15) is 9.78 Å². The smallest absolute Gasteiger partial charge is 0.392 e. The number of H-pyrrole nitrogens is 1. The molecule has 9 nitrogen and oxygen atoms in total. The fourth-order valence-corrected chi connectivity index (χ4v) is 3.07. The largest absolute Gasteiger partial charge is 0.437 e. The van der Waals surface area contributed by atoms with Gasteiger partial charge in [0.25, 0.3) is 5.56 Å². The van der Waals surface area contributed by atoms with Crippen LogP contribution in [-0.2, 0) is 13.5 Å². The van der Waals surface area contributed by atoms with Gasteiger partial charge in [0.1, 0.15) is 0 Å². The van der Waals surface area contributed by atoms with E-state index in [1.807, 2.05) is 0 Å². The second kappa shape index (κ2) is 7.16. The Morgan fingerprint density at radius 1 is 1.15 bits per heavy atom.